The van der Waals surface area contributed by atoms with Gasteiger partial charge in [0.1, 0.15) is 12.1 Å². The van der Waals surface area contributed by atoms with Gasteiger partial charge < -0.3 is 15.5 Å². The molecule has 1 unspecified atom stereocenters. The van der Waals surface area contributed by atoms with E-state index in [2.05, 4.69) is 10.6 Å². The number of hydrogen-bond donors (Lipinski definition) is 2. The zero-order valence-corrected chi connectivity index (χ0v) is 15.3. The summed E-state index contributed by atoms with van der Waals surface area (Å²) in [7, 11) is 3.87. The Hall–Kier alpha value is -2.41. The average Bonchev–Trinajstić information content (AvgIpc) is 3.16. The maximum Gasteiger partial charge on any atom is 0.325 e. The highest BCUT2D eigenvalue weighted by atomic mass is 16.2. The third kappa shape index (κ3) is 3.72. The van der Waals surface area contributed by atoms with E-state index in [1.54, 1.807) is 0 Å². The molecule has 2 fully saturated rings. The van der Waals surface area contributed by atoms with E-state index >= 15 is 0 Å². The molecule has 3 rings (SSSR count). The second kappa shape index (κ2) is 7.45. The second-order valence-corrected chi connectivity index (χ2v) is 7.40. The number of carbonyl (C=O) groups is 3. The van der Waals surface area contributed by atoms with Crippen molar-refractivity contribution < 1.29 is 14.4 Å². The van der Waals surface area contributed by atoms with Crippen molar-refractivity contribution in [2.24, 2.45) is 0 Å². The molecule has 1 heterocycles. The third-order valence-corrected chi connectivity index (χ3v) is 5.09. The number of benzene rings is 1. The van der Waals surface area contributed by atoms with Gasteiger partial charge in [0.05, 0.1) is 6.04 Å². The van der Waals surface area contributed by atoms with Crippen LogP contribution in [0.5, 0.6) is 0 Å². The van der Waals surface area contributed by atoms with Crippen LogP contribution in [0.15, 0.2) is 30.3 Å². The van der Waals surface area contributed by atoms with E-state index in [9.17, 15) is 14.4 Å². The fraction of sp³-hybridized carbons (Fsp3) is 0.526. The van der Waals surface area contributed by atoms with Gasteiger partial charge in [0.25, 0.3) is 5.91 Å². The Kier molecular flexibility index (Phi) is 5.27. The molecule has 1 saturated heterocycles. The summed E-state index contributed by atoms with van der Waals surface area (Å²) in [5.41, 5.74) is 0.207. The van der Waals surface area contributed by atoms with Crippen molar-refractivity contribution in [1.29, 1.82) is 0 Å². The van der Waals surface area contributed by atoms with Crippen LogP contribution in [0.4, 0.5) is 4.79 Å². The van der Waals surface area contributed by atoms with Crippen LogP contribution in [0.2, 0.25) is 0 Å². The van der Waals surface area contributed by atoms with Gasteiger partial charge in [-0.2, -0.15) is 0 Å². The smallest absolute Gasteiger partial charge is 0.325 e. The van der Waals surface area contributed by atoms with Crippen molar-refractivity contribution in [2.75, 3.05) is 27.2 Å². The zero-order chi connectivity index (χ0) is 18.7. The normalized spacial score (nSPS) is 19.9. The van der Waals surface area contributed by atoms with Gasteiger partial charge in [-0.3, -0.25) is 14.5 Å². The first kappa shape index (κ1) is 18.4. The molecule has 1 aliphatic carbocycles. The third-order valence-electron chi connectivity index (χ3n) is 5.09. The lowest BCUT2D eigenvalue weighted by molar-refractivity contribution is -0.135. The van der Waals surface area contributed by atoms with Crippen LogP contribution in [0.1, 0.15) is 37.3 Å². The first-order chi connectivity index (χ1) is 12.4. The number of imide groups is 1. The van der Waals surface area contributed by atoms with Crippen LogP contribution in [0.3, 0.4) is 0 Å². The highest BCUT2D eigenvalue weighted by Gasteiger charge is 2.52. The zero-order valence-electron chi connectivity index (χ0n) is 15.3. The number of rotatable bonds is 6. The van der Waals surface area contributed by atoms with Crippen LogP contribution < -0.4 is 10.6 Å². The van der Waals surface area contributed by atoms with Crippen LogP contribution in [-0.4, -0.2) is 60.4 Å². The van der Waals surface area contributed by atoms with Gasteiger partial charge in [0, 0.05) is 6.54 Å². The Morgan fingerprint density at radius 2 is 1.88 bits per heavy atom. The molecule has 1 saturated carbocycles. The van der Waals surface area contributed by atoms with Crippen LogP contribution in [-0.2, 0) is 9.59 Å². The monoisotopic (exact) mass is 358 g/mol. The molecule has 140 valence electrons. The van der Waals surface area contributed by atoms with Crippen molar-refractivity contribution in [1.82, 2.24) is 20.4 Å². The van der Waals surface area contributed by atoms with Crippen molar-refractivity contribution in [3.05, 3.63) is 35.9 Å². The topological polar surface area (TPSA) is 81.8 Å². The Bertz CT molecular complexity index is 683. The van der Waals surface area contributed by atoms with E-state index < -0.39 is 11.6 Å². The Morgan fingerprint density at radius 3 is 2.50 bits per heavy atom. The molecule has 0 bridgehead atoms. The minimum atomic E-state index is -0.778. The molecule has 1 aromatic carbocycles. The summed E-state index contributed by atoms with van der Waals surface area (Å²) in [6.07, 6.45) is 3.15. The molecule has 4 amide bonds. The highest BCUT2D eigenvalue weighted by Crippen LogP contribution is 2.34. The average molecular weight is 358 g/mol. The second-order valence-electron chi connectivity index (χ2n) is 7.40. The molecule has 1 aliphatic heterocycles. The summed E-state index contributed by atoms with van der Waals surface area (Å²) < 4.78 is 0. The lowest BCUT2D eigenvalue weighted by Crippen LogP contribution is -2.46. The van der Waals surface area contributed by atoms with Crippen LogP contribution in [0, 0.1) is 0 Å². The van der Waals surface area contributed by atoms with Gasteiger partial charge >= 0.3 is 6.03 Å². The molecule has 7 nitrogen and oxygen atoms in total. The lowest BCUT2D eigenvalue weighted by Gasteiger charge is -2.24. The molecule has 2 aliphatic rings. The summed E-state index contributed by atoms with van der Waals surface area (Å²) >= 11 is 0. The van der Waals surface area contributed by atoms with Gasteiger partial charge in [-0.05, 0) is 32.5 Å². The Balaban J connectivity index is 1.67. The van der Waals surface area contributed by atoms with Gasteiger partial charge in [-0.25, -0.2) is 4.79 Å². The van der Waals surface area contributed by atoms with Gasteiger partial charge in [0.15, 0.2) is 0 Å². The first-order valence-electron chi connectivity index (χ1n) is 9.04. The number of urea groups is 1. The summed E-state index contributed by atoms with van der Waals surface area (Å²) in [5, 5.41) is 5.76. The molecule has 0 aromatic heterocycles. The largest absolute Gasteiger partial charge is 0.346 e. The molecular formula is C19H26N4O3. The van der Waals surface area contributed by atoms with Gasteiger partial charge in [-0.1, -0.05) is 43.2 Å². The molecule has 1 atom stereocenters. The SMILES string of the molecule is CN(C)CC(NC(=O)CN1C(=O)NC2(CCCC2)C1=O)c1ccccc1. The summed E-state index contributed by atoms with van der Waals surface area (Å²) in [4.78, 5) is 40.5. The van der Waals surface area contributed by atoms with E-state index in [1.165, 1.54) is 0 Å². The Morgan fingerprint density at radius 1 is 1.23 bits per heavy atom. The van der Waals surface area contributed by atoms with Crippen molar-refractivity contribution in [2.45, 2.75) is 37.3 Å². The molecular weight excluding hydrogens is 332 g/mol. The van der Waals surface area contributed by atoms with Crippen molar-refractivity contribution >= 4 is 17.8 Å². The minimum absolute atomic E-state index is 0.208. The Labute approximate surface area is 153 Å². The maximum absolute atomic E-state index is 12.7. The summed E-state index contributed by atoms with van der Waals surface area (Å²) in [6.45, 7) is 0.378. The molecule has 1 spiro atoms. The number of nitrogens with one attached hydrogen (secondary N) is 2. The number of nitrogens with zero attached hydrogens (tertiary/aromatic N) is 2. The van der Waals surface area contributed by atoms with E-state index in [0.29, 0.717) is 19.4 Å². The molecule has 1 aromatic rings. The number of hydrogen-bond acceptors (Lipinski definition) is 4. The van der Waals surface area contributed by atoms with Crippen LogP contribution >= 0.6 is 0 Å². The van der Waals surface area contributed by atoms with E-state index in [0.717, 1.165) is 23.3 Å². The molecule has 0 radical (unpaired) electrons. The predicted octanol–water partition coefficient (Wildman–Crippen LogP) is 1.27. The lowest BCUT2D eigenvalue weighted by atomic mass is 9.98. The predicted molar refractivity (Wildman–Crippen MR) is 97.3 cm³/mol. The first-order valence-corrected chi connectivity index (χ1v) is 9.04. The number of carbonyl (C=O) groups excluding carboxylic acids is 3. The fourth-order valence-corrected chi connectivity index (χ4v) is 3.81. The standard InChI is InChI=1S/C19H26N4O3/c1-22(2)12-15(14-8-4-3-5-9-14)20-16(24)13-23-17(25)19(21-18(23)26)10-6-7-11-19/h3-5,8-9,15H,6-7,10-13H2,1-2H3,(H,20,24)(H,21,26). The summed E-state index contributed by atoms with van der Waals surface area (Å²) in [6, 6.07) is 9.00. The molecule has 7 heteroatoms. The highest BCUT2D eigenvalue weighted by molar-refractivity contribution is 6.09. The van der Waals surface area contributed by atoms with Gasteiger partial charge in [0.2, 0.25) is 5.91 Å². The molecule has 26 heavy (non-hydrogen) atoms. The quantitative estimate of drug-likeness (QED) is 0.751. The minimum Gasteiger partial charge on any atom is -0.346 e. The van der Waals surface area contributed by atoms with E-state index in [-0.39, 0.29) is 24.4 Å². The van der Waals surface area contributed by atoms with Gasteiger partial charge in [-0.15, -0.1) is 0 Å². The van der Waals surface area contributed by atoms with Crippen molar-refractivity contribution in [3.63, 3.8) is 0 Å². The number of likely N-dealkylation sites (N-methyl/N-ethyl adjacent to an activating group) is 1. The number of amides is 4. The molecule has 2 N–H and O–H groups in total. The fourth-order valence-electron chi connectivity index (χ4n) is 3.81. The maximum atomic E-state index is 12.7. The van der Waals surface area contributed by atoms with Crippen molar-refractivity contribution in [3.8, 4) is 0 Å². The van der Waals surface area contributed by atoms with E-state index in [1.807, 2.05) is 49.3 Å². The summed E-state index contributed by atoms with van der Waals surface area (Å²) in [5.74, 6) is -0.599. The van der Waals surface area contributed by atoms with E-state index in [4.69, 9.17) is 0 Å². The van der Waals surface area contributed by atoms with Crippen LogP contribution in [0.25, 0.3) is 0 Å².